The van der Waals surface area contributed by atoms with Crippen molar-refractivity contribution in [1.29, 1.82) is 0 Å². The van der Waals surface area contributed by atoms with Crippen molar-refractivity contribution in [3.05, 3.63) is 47.5 Å². The molecule has 0 spiro atoms. The number of fused-ring (bicyclic) bond motifs is 1. The summed E-state index contributed by atoms with van der Waals surface area (Å²) in [4.78, 5) is 2.40. The highest BCUT2D eigenvalue weighted by atomic mass is 16.5. The summed E-state index contributed by atoms with van der Waals surface area (Å²) >= 11 is 0. The minimum atomic E-state index is 0.171. The fourth-order valence-corrected chi connectivity index (χ4v) is 3.30. The molecule has 1 atom stereocenters. The van der Waals surface area contributed by atoms with Gasteiger partial charge in [-0.15, -0.1) is 0 Å². The van der Waals surface area contributed by atoms with Crippen LogP contribution in [0.25, 0.3) is 0 Å². The first-order chi connectivity index (χ1) is 12.7. The summed E-state index contributed by atoms with van der Waals surface area (Å²) in [5.41, 5.74) is 2.34. The van der Waals surface area contributed by atoms with Gasteiger partial charge in [-0.3, -0.25) is 4.90 Å². The molecule has 0 saturated heterocycles. The van der Waals surface area contributed by atoms with Crippen molar-refractivity contribution in [2.24, 2.45) is 0 Å². The third-order valence-electron chi connectivity index (χ3n) is 4.73. The number of methoxy groups -OCH3 is 3. The molecule has 0 aromatic heterocycles. The second-order valence-corrected chi connectivity index (χ2v) is 6.48. The molecule has 1 unspecified atom stereocenters. The van der Waals surface area contributed by atoms with Gasteiger partial charge in [0.05, 0.1) is 21.3 Å². The first kappa shape index (κ1) is 18.4. The van der Waals surface area contributed by atoms with E-state index in [2.05, 4.69) is 24.0 Å². The Kier molecular flexibility index (Phi) is 5.89. The highest BCUT2D eigenvalue weighted by molar-refractivity contribution is 5.43. The second kappa shape index (κ2) is 8.32. The van der Waals surface area contributed by atoms with E-state index in [4.69, 9.17) is 18.9 Å². The molecular weight excluding hydrogens is 330 g/mol. The Labute approximate surface area is 155 Å². The van der Waals surface area contributed by atoms with Gasteiger partial charge in [0.1, 0.15) is 17.6 Å². The van der Waals surface area contributed by atoms with Crippen molar-refractivity contribution in [3.8, 4) is 23.0 Å². The molecule has 0 N–H and O–H groups in total. The van der Waals surface area contributed by atoms with Gasteiger partial charge in [-0.05, 0) is 42.3 Å². The molecule has 0 amide bonds. The predicted molar refractivity (Wildman–Crippen MR) is 101 cm³/mol. The summed E-state index contributed by atoms with van der Waals surface area (Å²) in [5, 5.41) is 0. The molecule has 3 rings (SSSR count). The Hall–Kier alpha value is -2.40. The van der Waals surface area contributed by atoms with Crippen LogP contribution in [0.3, 0.4) is 0 Å². The standard InChI is InChI=1S/C21H27NO4/c1-5-17-14-22(12-15-6-8-20(24-3)21(10-15)25-4)13-16-11-18(23-2)7-9-19(16)26-17/h6-11,17H,5,12-14H2,1-4H3. The Bertz CT molecular complexity index is 747. The summed E-state index contributed by atoms with van der Waals surface area (Å²) in [6, 6.07) is 12.1. The van der Waals surface area contributed by atoms with Crippen molar-refractivity contribution < 1.29 is 18.9 Å². The summed E-state index contributed by atoms with van der Waals surface area (Å²) < 4.78 is 22.4. The Morgan fingerprint density at radius 3 is 2.50 bits per heavy atom. The molecule has 0 bridgehead atoms. The number of nitrogens with zero attached hydrogens (tertiary/aromatic N) is 1. The molecule has 0 fully saturated rings. The van der Waals surface area contributed by atoms with Gasteiger partial charge in [0.15, 0.2) is 11.5 Å². The van der Waals surface area contributed by atoms with Gasteiger partial charge in [-0.2, -0.15) is 0 Å². The normalized spacial score (nSPS) is 17.0. The maximum Gasteiger partial charge on any atom is 0.161 e. The zero-order valence-corrected chi connectivity index (χ0v) is 16.0. The minimum absolute atomic E-state index is 0.171. The third-order valence-corrected chi connectivity index (χ3v) is 4.73. The van der Waals surface area contributed by atoms with Gasteiger partial charge in [0.2, 0.25) is 0 Å². The van der Waals surface area contributed by atoms with Crippen LogP contribution >= 0.6 is 0 Å². The second-order valence-electron chi connectivity index (χ2n) is 6.48. The number of hydrogen-bond acceptors (Lipinski definition) is 5. The third kappa shape index (κ3) is 4.05. The van der Waals surface area contributed by atoms with E-state index in [1.165, 1.54) is 5.56 Å². The minimum Gasteiger partial charge on any atom is -0.497 e. The molecule has 1 aliphatic rings. The largest absolute Gasteiger partial charge is 0.497 e. The Morgan fingerprint density at radius 2 is 1.81 bits per heavy atom. The molecular formula is C21H27NO4. The van der Waals surface area contributed by atoms with Gasteiger partial charge >= 0.3 is 0 Å². The molecule has 5 heteroatoms. The maximum atomic E-state index is 6.21. The lowest BCUT2D eigenvalue weighted by Gasteiger charge is -2.23. The molecule has 0 aliphatic carbocycles. The number of hydrogen-bond donors (Lipinski definition) is 0. The molecule has 2 aromatic carbocycles. The molecule has 0 saturated carbocycles. The van der Waals surface area contributed by atoms with Crippen LogP contribution in [0.4, 0.5) is 0 Å². The van der Waals surface area contributed by atoms with Gasteiger partial charge < -0.3 is 18.9 Å². The van der Waals surface area contributed by atoms with E-state index >= 15 is 0 Å². The highest BCUT2D eigenvalue weighted by Crippen LogP contribution is 2.32. The van der Waals surface area contributed by atoms with Gasteiger partial charge in [0, 0.05) is 25.2 Å². The average molecular weight is 357 g/mol. The average Bonchev–Trinajstić information content (AvgIpc) is 2.85. The molecule has 26 heavy (non-hydrogen) atoms. The van der Waals surface area contributed by atoms with Crippen molar-refractivity contribution in [2.45, 2.75) is 32.5 Å². The maximum absolute atomic E-state index is 6.21. The molecule has 1 aliphatic heterocycles. The lowest BCUT2D eigenvalue weighted by Crippen LogP contribution is -2.32. The smallest absolute Gasteiger partial charge is 0.161 e. The van der Waals surface area contributed by atoms with E-state index < -0.39 is 0 Å². The zero-order chi connectivity index (χ0) is 18.5. The first-order valence-electron chi connectivity index (χ1n) is 8.93. The zero-order valence-electron chi connectivity index (χ0n) is 16.0. The topological polar surface area (TPSA) is 40.2 Å². The van der Waals surface area contributed by atoms with Crippen LogP contribution in [-0.4, -0.2) is 38.9 Å². The van der Waals surface area contributed by atoms with E-state index in [0.717, 1.165) is 54.6 Å². The van der Waals surface area contributed by atoms with Gasteiger partial charge in [0.25, 0.3) is 0 Å². The van der Waals surface area contributed by atoms with E-state index in [1.54, 1.807) is 21.3 Å². The SMILES string of the molecule is CCC1CN(Cc2ccc(OC)c(OC)c2)Cc2cc(OC)ccc2O1. The van der Waals surface area contributed by atoms with E-state index in [9.17, 15) is 0 Å². The number of ether oxygens (including phenoxy) is 4. The lowest BCUT2D eigenvalue weighted by molar-refractivity contribution is 0.139. The number of benzene rings is 2. The molecule has 140 valence electrons. The Morgan fingerprint density at radius 1 is 1.00 bits per heavy atom. The van der Waals surface area contributed by atoms with Crippen molar-refractivity contribution in [3.63, 3.8) is 0 Å². The summed E-state index contributed by atoms with van der Waals surface area (Å²) in [6.07, 6.45) is 1.14. The molecule has 0 radical (unpaired) electrons. The van der Waals surface area contributed by atoms with Crippen molar-refractivity contribution in [1.82, 2.24) is 4.90 Å². The first-order valence-corrected chi connectivity index (χ1v) is 8.93. The molecule has 2 aromatic rings. The predicted octanol–water partition coefficient (Wildman–Crippen LogP) is 3.89. The lowest BCUT2D eigenvalue weighted by atomic mass is 10.1. The fourth-order valence-electron chi connectivity index (χ4n) is 3.30. The van der Waals surface area contributed by atoms with Gasteiger partial charge in [-0.25, -0.2) is 0 Å². The van der Waals surface area contributed by atoms with Crippen molar-refractivity contribution >= 4 is 0 Å². The quantitative estimate of drug-likeness (QED) is 0.784. The monoisotopic (exact) mass is 357 g/mol. The van der Waals surface area contributed by atoms with E-state index in [1.807, 2.05) is 24.3 Å². The van der Waals surface area contributed by atoms with Crippen LogP contribution in [0.1, 0.15) is 24.5 Å². The Balaban J connectivity index is 1.84. The van der Waals surface area contributed by atoms with Crippen LogP contribution in [0, 0.1) is 0 Å². The molecule has 1 heterocycles. The van der Waals surface area contributed by atoms with Gasteiger partial charge in [-0.1, -0.05) is 13.0 Å². The highest BCUT2D eigenvalue weighted by Gasteiger charge is 2.22. The summed E-state index contributed by atoms with van der Waals surface area (Å²) in [5.74, 6) is 3.31. The number of rotatable bonds is 6. The molecule has 5 nitrogen and oxygen atoms in total. The summed E-state index contributed by atoms with van der Waals surface area (Å²) in [7, 11) is 5.01. The fraction of sp³-hybridized carbons (Fsp3) is 0.429. The van der Waals surface area contributed by atoms with Crippen molar-refractivity contribution in [2.75, 3.05) is 27.9 Å². The van der Waals surface area contributed by atoms with Crippen LogP contribution in [0.2, 0.25) is 0 Å². The van der Waals surface area contributed by atoms with Crippen LogP contribution in [0.5, 0.6) is 23.0 Å². The van der Waals surface area contributed by atoms with Crippen LogP contribution < -0.4 is 18.9 Å². The van der Waals surface area contributed by atoms with Crippen LogP contribution in [0.15, 0.2) is 36.4 Å². The van der Waals surface area contributed by atoms with E-state index in [0.29, 0.717) is 0 Å². The van der Waals surface area contributed by atoms with Crippen LogP contribution in [-0.2, 0) is 13.1 Å². The summed E-state index contributed by atoms with van der Waals surface area (Å²) in [6.45, 7) is 4.67. The van der Waals surface area contributed by atoms with E-state index in [-0.39, 0.29) is 6.10 Å².